The number of hydrogen-bond donors (Lipinski definition) is 0. The first kappa shape index (κ1) is 20.3. The summed E-state index contributed by atoms with van der Waals surface area (Å²) in [5.41, 5.74) is 2.00. The van der Waals surface area contributed by atoms with Crippen molar-refractivity contribution in [1.82, 2.24) is 9.21 Å². The Morgan fingerprint density at radius 3 is 2.30 bits per heavy atom. The van der Waals surface area contributed by atoms with Crippen LogP contribution in [0, 0.1) is 11.3 Å². The number of nitriles is 1. The van der Waals surface area contributed by atoms with Gasteiger partial charge in [-0.05, 0) is 29.1 Å². The fourth-order valence-electron chi connectivity index (χ4n) is 3.52. The lowest BCUT2D eigenvalue weighted by Crippen LogP contribution is -2.50. The molecule has 0 unspecified atom stereocenters. The largest absolute Gasteiger partial charge is 0.335 e. The summed E-state index contributed by atoms with van der Waals surface area (Å²) in [4.78, 5) is 15.5. The predicted octanol–water partition coefficient (Wildman–Crippen LogP) is 3.43. The van der Waals surface area contributed by atoms with Gasteiger partial charge in [-0.25, -0.2) is 8.42 Å². The van der Waals surface area contributed by atoms with Gasteiger partial charge in [-0.15, -0.1) is 11.3 Å². The monoisotopic (exact) mass is 437 g/mol. The van der Waals surface area contributed by atoms with E-state index in [1.165, 1.54) is 27.8 Å². The number of nitrogens with zero attached hydrogens (tertiary/aromatic N) is 3. The van der Waals surface area contributed by atoms with Gasteiger partial charge in [-0.2, -0.15) is 9.57 Å². The molecular formula is C22H19N3O3S2. The second-order valence-electron chi connectivity index (χ2n) is 6.83. The lowest BCUT2D eigenvalue weighted by molar-refractivity contribution is 0.0703. The van der Waals surface area contributed by atoms with E-state index in [1.807, 2.05) is 47.8 Å². The molecular weight excluding hydrogens is 418 g/mol. The van der Waals surface area contributed by atoms with E-state index in [-0.39, 0.29) is 29.5 Å². The summed E-state index contributed by atoms with van der Waals surface area (Å²) >= 11 is 1.40. The second kappa shape index (κ2) is 8.40. The van der Waals surface area contributed by atoms with Gasteiger partial charge in [-0.1, -0.05) is 42.5 Å². The lowest BCUT2D eigenvalue weighted by Gasteiger charge is -2.34. The molecule has 1 aliphatic rings. The van der Waals surface area contributed by atoms with Crippen LogP contribution in [-0.4, -0.2) is 49.7 Å². The third kappa shape index (κ3) is 3.75. The highest BCUT2D eigenvalue weighted by Crippen LogP contribution is 2.30. The Hall–Kier alpha value is -2.99. The number of amides is 1. The van der Waals surface area contributed by atoms with Gasteiger partial charge in [0.2, 0.25) is 10.0 Å². The Kier molecular flexibility index (Phi) is 5.68. The molecule has 3 aromatic rings. The van der Waals surface area contributed by atoms with Gasteiger partial charge in [-0.3, -0.25) is 4.79 Å². The minimum absolute atomic E-state index is 0.0110. The van der Waals surface area contributed by atoms with Crippen LogP contribution in [0.5, 0.6) is 0 Å². The van der Waals surface area contributed by atoms with Crippen molar-refractivity contribution in [1.29, 1.82) is 5.26 Å². The molecule has 1 fully saturated rings. The van der Waals surface area contributed by atoms with Crippen LogP contribution < -0.4 is 0 Å². The summed E-state index contributed by atoms with van der Waals surface area (Å²) in [6.07, 6.45) is 0. The number of rotatable bonds is 4. The molecule has 1 saturated heterocycles. The van der Waals surface area contributed by atoms with Crippen LogP contribution in [0.2, 0.25) is 0 Å². The maximum atomic E-state index is 13.1. The van der Waals surface area contributed by atoms with Crippen molar-refractivity contribution >= 4 is 27.3 Å². The minimum atomic E-state index is -3.78. The average molecular weight is 438 g/mol. The molecule has 0 N–H and O–H groups in total. The van der Waals surface area contributed by atoms with Gasteiger partial charge in [0.15, 0.2) is 0 Å². The van der Waals surface area contributed by atoms with Gasteiger partial charge < -0.3 is 4.90 Å². The number of carbonyl (C=O) groups excluding carboxylic acids is 1. The van der Waals surface area contributed by atoms with Crippen LogP contribution in [0.15, 0.2) is 70.9 Å². The maximum absolute atomic E-state index is 13.1. The highest BCUT2D eigenvalue weighted by atomic mass is 32.2. The lowest BCUT2D eigenvalue weighted by atomic mass is 10.1. The summed E-state index contributed by atoms with van der Waals surface area (Å²) < 4.78 is 27.3. The van der Waals surface area contributed by atoms with Gasteiger partial charge in [0.1, 0.15) is 6.07 Å². The first-order valence-corrected chi connectivity index (χ1v) is 11.8. The molecule has 0 bridgehead atoms. The molecule has 2 heterocycles. The van der Waals surface area contributed by atoms with E-state index in [2.05, 4.69) is 0 Å². The van der Waals surface area contributed by atoms with Crippen molar-refractivity contribution in [3.63, 3.8) is 0 Å². The van der Waals surface area contributed by atoms with E-state index in [0.29, 0.717) is 18.0 Å². The molecule has 0 spiro atoms. The molecule has 8 heteroatoms. The highest BCUT2D eigenvalue weighted by Gasteiger charge is 2.32. The van der Waals surface area contributed by atoms with Gasteiger partial charge in [0.25, 0.3) is 5.91 Å². The average Bonchev–Trinajstić information content (AvgIpc) is 3.29. The van der Waals surface area contributed by atoms with E-state index in [4.69, 9.17) is 0 Å². The number of sulfonamides is 1. The maximum Gasteiger partial charge on any atom is 0.264 e. The minimum Gasteiger partial charge on any atom is -0.335 e. The summed E-state index contributed by atoms with van der Waals surface area (Å²) in [5.74, 6) is -0.0849. The first-order chi connectivity index (χ1) is 14.5. The fraction of sp³-hybridized carbons (Fsp3) is 0.182. The number of piperazine rings is 1. The standard InChI is InChI=1S/C22H19N3O3S2/c23-16-18-8-4-5-9-20(18)30(27,28)25-13-11-24(12-14-25)22(26)21-19(10-15-29-21)17-6-2-1-3-7-17/h1-10,15H,11-14H2. The number of carbonyl (C=O) groups is 1. The summed E-state index contributed by atoms with van der Waals surface area (Å²) in [6, 6.07) is 19.8. The van der Waals surface area contributed by atoms with Crippen LogP contribution >= 0.6 is 11.3 Å². The van der Waals surface area contributed by atoms with Crippen molar-refractivity contribution in [2.24, 2.45) is 0 Å². The topological polar surface area (TPSA) is 81.5 Å². The van der Waals surface area contributed by atoms with Gasteiger partial charge in [0.05, 0.1) is 15.3 Å². The Balaban J connectivity index is 1.50. The molecule has 152 valence electrons. The Bertz CT molecular complexity index is 1210. The van der Waals surface area contributed by atoms with Crippen LogP contribution in [0.3, 0.4) is 0 Å². The highest BCUT2D eigenvalue weighted by molar-refractivity contribution is 7.89. The zero-order valence-electron chi connectivity index (χ0n) is 16.1. The van der Waals surface area contributed by atoms with Crippen molar-refractivity contribution < 1.29 is 13.2 Å². The second-order valence-corrected chi connectivity index (χ2v) is 9.66. The summed E-state index contributed by atoms with van der Waals surface area (Å²) in [7, 11) is -3.78. The van der Waals surface area contributed by atoms with E-state index in [1.54, 1.807) is 17.0 Å². The first-order valence-electron chi connectivity index (χ1n) is 9.44. The Morgan fingerprint density at radius 2 is 1.60 bits per heavy atom. The summed E-state index contributed by atoms with van der Waals surface area (Å²) in [5, 5.41) is 11.1. The fourth-order valence-corrected chi connectivity index (χ4v) is 5.97. The molecule has 6 nitrogen and oxygen atoms in total. The zero-order chi connectivity index (χ0) is 21.1. The molecule has 0 saturated carbocycles. The van der Waals surface area contributed by atoms with Crippen molar-refractivity contribution in [2.75, 3.05) is 26.2 Å². The SMILES string of the molecule is N#Cc1ccccc1S(=O)(=O)N1CCN(C(=O)c2sccc2-c2ccccc2)CC1. The predicted molar refractivity (Wildman–Crippen MR) is 116 cm³/mol. The van der Waals surface area contributed by atoms with Crippen LogP contribution in [0.25, 0.3) is 11.1 Å². The Labute approximate surface area is 179 Å². The third-order valence-corrected chi connectivity index (χ3v) is 7.95. The van der Waals surface area contributed by atoms with Crippen molar-refractivity contribution in [2.45, 2.75) is 4.90 Å². The smallest absolute Gasteiger partial charge is 0.264 e. The van der Waals surface area contributed by atoms with Crippen LogP contribution in [0.4, 0.5) is 0 Å². The van der Waals surface area contributed by atoms with Crippen LogP contribution in [-0.2, 0) is 10.0 Å². The van der Waals surface area contributed by atoms with Crippen LogP contribution in [0.1, 0.15) is 15.2 Å². The normalized spacial score (nSPS) is 15.0. The van der Waals surface area contributed by atoms with Crippen molar-refractivity contribution in [3.8, 4) is 17.2 Å². The molecule has 2 aromatic carbocycles. The van der Waals surface area contributed by atoms with E-state index >= 15 is 0 Å². The number of thiophene rings is 1. The van der Waals surface area contributed by atoms with Crippen molar-refractivity contribution in [3.05, 3.63) is 76.5 Å². The van der Waals surface area contributed by atoms with Gasteiger partial charge in [0, 0.05) is 31.7 Å². The quantitative estimate of drug-likeness (QED) is 0.626. The van der Waals surface area contributed by atoms with E-state index in [9.17, 15) is 18.5 Å². The molecule has 4 rings (SSSR count). The van der Waals surface area contributed by atoms with E-state index in [0.717, 1.165) is 11.1 Å². The molecule has 1 aromatic heterocycles. The summed E-state index contributed by atoms with van der Waals surface area (Å²) in [6.45, 7) is 0.998. The molecule has 0 aliphatic carbocycles. The van der Waals surface area contributed by atoms with Gasteiger partial charge >= 0.3 is 0 Å². The molecule has 1 amide bonds. The number of hydrogen-bond acceptors (Lipinski definition) is 5. The molecule has 1 aliphatic heterocycles. The molecule has 30 heavy (non-hydrogen) atoms. The molecule has 0 radical (unpaired) electrons. The molecule has 0 atom stereocenters. The third-order valence-electron chi connectivity index (χ3n) is 5.10. The zero-order valence-corrected chi connectivity index (χ0v) is 17.7. The van der Waals surface area contributed by atoms with E-state index < -0.39 is 10.0 Å². The Morgan fingerprint density at radius 1 is 0.933 bits per heavy atom. The number of benzene rings is 2.